The zero-order valence-electron chi connectivity index (χ0n) is 27.9. The van der Waals surface area contributed by atoms with Gasteiger partial charge in [-0.1, -0.05) is 0 Å². The van der Waals surface area contributed by atoms with Crippen LogP contribution in [-0.2, 0) is 40.5 Å². The van der Waals surface area contributed by atoms with E-state index < -0.39 is 60.1 Å². The summed E-state index contributed by atoms with van der Waals surface area (Å²) in [5, 5.41) is 0.644. The molecule has 9 rings (SSSR count). The van der Waals surface area contributed by atoms with Crippen molar-refractivity contribution in [3.8, 4) is 45.6 Å². The Kier molecular flexibility index (Phi) is 8.54. The normalized spacial score (nSPS) is 13.0. The van der Waals surface area contributed by atoms with Crippen LogP contribution in [0.15, 0.2) is 92.4 Å². The monoisotopic (exact) mass is 861 g/mol. The Labute approximate surface area is 329 Å². The summed E-state index contributed by atoms with van der Waals surface area (Å²) >= 11 is 0. The van der Waals surface area contributed by atoms with Crippen molar-refractivity contribution in [2.45, 2.75) is 19.6 Å². The molecule has 282 valence electrons. The van der Waals surface area contributed by atoms with Gasteiger partial charge in [-0.2, -0.15) is 33.7 Å². The molecule has 20 nitrogen and oxygen atoms in total. The van der Waals surface area contributed by atoms with Crippen molar-refractivity contribution >= 4 is 102 Å². The standard InChI is InChI=1S/C32H18N8O12S4.Al/c41-53(42,43)13-1-5-17-21(9-13)29-34-25(17)33-26-18-6-2-15(55(47,48)49)11-23(18)31(35-26)40-32-24-12-16(56(50,51)52)4-8-20(24)28(39-32)38-30-22-10-14(54(44,45)46)3-7-19(22)27(36-29)37-30;/h1-12H,(H,41,42,43)(H,44,45,46)(H,47,48,49)(H,50,51,52)(H2,33,34,35,36,37,38,39,40);/q;+3. The zero-order chi connectivity index (χ0) is 39.7. The second-order valence-corrected chi connectivity index (χ2v) is 18.0. The number of nitrogens with zero attached hydrogens (tertiary/aromatic N) is 6. The van der Waals surface area contributed by atoms with Crippen LogP contribution >= 0.6 is 0 Å². The van der Waals surface area contributed by atoms with E-state index in [-0.39, 0.29) is 107 Å². The van der Waals surface area contributed by atoms with Gasteiger partial charge in [0.05, 0.1) is 19.6 Å². The third-order valence-electron chi connectivity index (χ3n) is 8.91. The molecule has 2 aliphatic rings. The van der Waals surface area contributed by atoms with E-state index in [4.69, 9.17) is 0 Å². The SMILES string of the molecule is O=S(=O)(O)c1ccc2c(c1)-c1nc-2nc2nc(nc3[nH]c(nc4[nH]c(n1)c1cc(S(=O)(=O)O)ccc41)c1cc(S(=O)(=O)O)ccc31)-c1cc(S(=O)(=O)O)ccc1-2.[Al+3]. The maximum atomic E-state index is 12.2. The van der Waals surface area contributed by atoms with Gasteiger partial charge in [-0.25, -0.2) is 29.9 Å². The van der Waals surface area contributed by atoms with E-state index in [1.807, 2.05) is 0 Å². The molecule has 3 aromatic heterocycles. The molecule has 57 heavy (non-hydrogen) atoms. The van der Waals surface area contributed by atoms with Crippen LogP contribution in [0.3, 0.4) is 0 Å². The minimum atomic E-state index is -4.75. The Morgan fingerprint density at radius 2 is 0.649 bits per heavy atom. The second kappa shape index (κ2) is 12.7. The third-order valence-corrected chi connectivity index (χ3v) is 12.3. The van der Waals surface area contributed by atoms with Gasteiger partial charge in [-0.3, -0.25) is 18.2 Å². The number of rotatable bonds is 4. The van der Waals surface area contributed by atoms with Crippen LogP contribution in [0.2, 0.25) is 0 Å². The van der Waals surface area contributed by atoms with E-state index in [9.17, 15) is 51.9 Å². The molecule has 6 N–H and O–H groups in total. The summed E-state index contributed by atoms with van der Waals surface area (Å²) in [7, 11) is -19.0. The van der Waals surface area contributed by atoms with Crippen molar-refractivity contribution in [2.24, 2.45) is 0 Å². The van der Waals surface area contributed by atoms with Gasteiger partial charge in [0, 0.05) is 43.8 Å². The fourth-order valence-corrected chi connectivity index (χ4v) is 8.38. The Balaban J connectivity index is 0.00000455. The van der Waals surface area contributed by atoms with Gasteiger partial charge < -0.3 is 9.97 Å². The summed E-state index contributed by atoms with van der Waals surface area (Å²) in [6.07, 6.45) is 0. The summed E-state index contributed by atoms with van der Waals surface area (Å²) in [5.74, 6) is -0.479. The van der Waals surface area contributed by atoms with Crippen molar-refractivity contribution in [1.29, 1.82) is 0 Å². The molecule has 0 atom stereocenters. The van der Waals surface area contributed by atoms with E-state index in [2.05, 4.69) is 39.9 Å². The molecule has 0 saturated carbocycles. The molecular weight excluding hydrogens is 844 g/mol. The van der Waals surface area contributed by atoms with Crippen LogP contribution in [0.4, 0.5) is 0 Å². The van der Waals surface area contributed by atoms with Crippen molar-refractivity contribution in [1.82, 2.24) is 39.9 Å². The van der Waals surface area contributed by atoms with Crippen LogP contribution in [0.5, 0.6) is 0 Å². The number of aromatic amines is 2. The van der Waals surface area contributed by atoms with E-state index in [0.717, 1.165) is 48.5 Å². The maximum absolute atomic E-state index is 12.2. The predicted molar refractivity (Wildman–Crippen MR) is 201 cm³/mol. The van der Waals surface area contributed by atoms with Gasteiger partial charge in [0.1, 0.15) is 22.6 Å². The number of fused-ring (bicyclic) bond motifs is 20. The molecule has 0 saturated heterocycles. The average Bonchev–Trinajstić information content (AvgIpc) is 3.84. The predicted octanol–water partition coefficient (Wildman–Crippen LogP) is 3.48. The molecule has 0 radical (unpaired) electrons. The van der Waals surface area contributed by atoms with E-state index in [0.29, 0.717) is 0 Å². The first kappa shape index (κ1) is 38.3. The van der Waals surface area contributed by atoms with Crippen LogP contribution in [-0.4, -0.2) is 109 Å². The first-order chi connectivity index (χ1) is 26.2. The van der Waals surface area contributed by atoms with Crippen LogP contribution in [0, 0.1) is 0 Å². The summed E-state index contributed by atoms with van der Waals surface area (Å²) in [6.45, 7) is 0. The minimum Gasteiger partial charge on any atom is -0.324 e. The summed E-state index contributed by atoms with van der Waals surface area (Å²) in [6, 6.07) is 14.1. The Morgan fingerprint density at radius 3 is 1.04 bits per heavy atom. The number of hydrogen-bond donors (Lipinski definition) is 6. The van der Waals surface area contributed by atoms with Crippen molar-refractivity contribution in [2.75, 3.05) is 0 Å². The molecule has 0 aliphatic carbocycles. The van der Waals surface area contributed by atoms with Gasteiger partial charge in [0.2, 0.25) is 0 Å². The van der Waals surface area contributed by atoms with Gasteiger partial charge >= 0.3 is 17.4 Å². The van der Waals surface area contributed by atoms with E-state index in [1.54, 1.807) is 0 Å². The molecule has 5 heterocycles. The van der Waals surface area contributed by atoms with Gasteiger partial charge in [-0.05, 0) is 72.8 Å². The van der Waals surface area contributed by atoms with Gasteiger partial charge in [-0.15, -0.1) is 0 Å². The van der Waals surface area contributed by atoms with Crippen molar-refractivity contribution in [3.63, 3.8) is 0 Å². The Morgan fingerprint density at radius 1 is 0.351 bits per heavy atom. The number of H-pyrrole nitrogens is 2. The van der Waals surface area contributed by atoms with Crippen molar-refractivity contribution < 1.29 is 51.9 Å². The fraction of sp³-hybridized carbons (Fsp3) is 0. The molecule has 0 spiro atoms. The number of benzene rings is 4. The Hall–Kier alpha value is -5.59. The number of hydrogen-bond acceptors (Lipinski definition) is 14. The second-order valence-electron chi connectivity index (χ2n) is 12.3. The fourth-order valence-electron chi connectivity index (χ4n) is 6.35. The first-order valence-electron chi connectivity index (χ1n) is 15.5. The smallest absolute Gasteiger partial charge is 0.324 e. The number of nitrogens with one attached hydrogen (secondary N) is 2. The molecule has 0 fully saturated rings. The van der Waals surface area contributed by atoms with E-state index in [1.165, 1.54) is 24.3 Å². The summed E-state index contributed by atoms with van der Waals surface area (Å²) in [4.78, 5) is 31.4. The van der Waals surface area contributed by atoms with Crippen LogP contribution in [0.1, 0.15) is 0 Å². The molecule has 0 unspecified atom stereocenters. The molecule has 4 aromatic carbocycles. The van der Waals surface area contributed by atoms with Gasteiger partial charge in [0.25, 0.3) is 40.5 Å². The molecule has 2 aliphatic heterocycles. The average molecular weight is 862 g/mol. The quantitative estimate of drug-likeness (QED) is 0.109. The van der Waals surface area contributed by atoms with Crippen LogP contribution in [0.25, 0.3) is 89.7 Å². The third kappa shape index (κ3) is 6.54. The van der Waals surface area contributed by atoms with Crippen LogP contribution < -0.4 is 0 Å². The minimum absolute atomic E-state index is 0. The zero-order valence-corrected chi connectivity index (χ0v) is 32.3. The molecular formula is C32H18AlN8O12S4+3. The Bertz CT molecular complexity index is 3620. The van der Waals surface area contributed by atoms with Crippen molar-refractivity contribution in [3.05, 3.63) is 72.8 Å². The molecule has 7 aromatic rings. The van der Waals surface area contributed by atoms with Gasteiger partial charge in [0.15, 0.2) is 23.3 Å². The summed E-state index contributed by atoms with van der Waals surface area (Å²) in [5.41, 5.74) is 0.412. The largest absolute Gasteiger partial charge is 3.00 e. The molecule has 0 amide bonds. The maximum Gasteiger partial charge on any atom is 3.00 e. The van der Waals surface area contributed by atoms with E-state index >= 15 is 0 Å². The first-order valence-corrected chi connectivity index (χ1v) is 21.3. The molecule has 8 bridgehead atoms. The summed E-state index contributed by atoms with van der Waals surface area (Å²) < 4.78 is 137. The molecule has 25 heteroatoms. The topological polar surface area (TPSA) is 326 Å². The number of aromatic nitrogens is 8.